The minimum Gasteiger partial charge on any atom is -0.327 e. The first-order valence-electron chi connectivity index (χ1n) is 6.71. The summed E-state index contributed by atoms with van der Waals surface area (Å²) in [5, 5.41) is 8.75. The molecule has 17 heavy (non-hydrogen) atoms. The maximum Gasteiger partial charge on any atom is 0.150 e. The molecular weight excluding hydrogens is 214 g/mol. The van der Waals surface area contributed by atoms with Crippen LogP contribution in [0.3, 0.4) is 0 Å². The van der Waals surface area contributed by atoms with Crippen molar-refractivity contribution in [3.8, 4) is 0 Å². The number of rotatable bonds is 2. The Bertz CT molecular complexity index is 400. The molecule has 1 aromatic rings. The number of nitrogens with zero attached hydrogens (tertiary/aromatic N) is 4. The SMILES string of the molecule is CCN1CCCC1c1nnc2n1CCC(N)C2. The van der Waals surface area contributed by atoms with E-state index in [-0.39, 0.29) is 6.04 Å². The van der Waals surface area contributed by atoms with E-state index in [9.17, 15) is 0 Å². The van der Waals surface area contributed by atoms with Gasteiger partial charge in [-0.05, 0) is 32.4 Å². The fourth-order valence-corrected chi connectivity index (χ4v) is 3.12. The molecule has 2 aliphatic heterocycles. The van der Waals surface area contributed by atoms with Crippen LogP contribution in [0, 0.1) is 0 Å². The molecule has 3 rings (SSSR count). The summed E-state index contributed by atoms with van der Waals surface area (Å²) >= 11 is 0. The highest BCUT2D eigenvalue weighted by Crippen LogP contribution is 2.31. The monoisotopic (exact) mass is 235 g/mol. The van der Waals surface area contributed by atoms with Crippen molar-refractivity contribution >= 4 is 0 Å². The lowest BCUT2D eigenvalue weighted by Crippen LogP contribution is -2.33. The van der Waals surface area contributed by atoms with Crippen LogP contribution < -0.4 is 5.73 Å². The van der Waals surface area contributed by atoms with Crippen LogP contribution in [-0.4, -0.2) is 38.8 Å². The molecule has 0 amide bonds. The van der Waals surface area contributed by atoms with Crippen molar-refractivity contribution in [2.45, 2.75) is 51.2 Å². The standard InChI is InChI=1S/C12H21N5/c1-2-16-6-3-4-10(16)12-15-14-11-8-9(13)5-7-17(11)12/h9-10H,2-8,13H2,1H3. The normalized spacial score (nSPS) is 29.5. The molecule has 2 N–H and O–H groups in total. The van der Waals surface area contributed by atoms with E-state index in [4.69, 9.17) is 5.73 Å². The first-order valence-corrected chi connectivity index (χ1v) is 6.71. The average Bonchev–Trinajstić information content (AvgIpc) is 2.92. The van der Waals surface area contributed by atoms with E-state index in [1.165, 1.54) is 25.2 Å². The highest BCUT2D eigenvalue weighted by molar-refractivity contribution is 5.07. The molecule has 0 bridgehead atoms. The minimum atomic E-state index is 0.269. The van der Waals surface area contributed by atoms with Crippen LogP contribution >= 0.6 is 0 Å². The molecule has 2 aliphatic rings. The number of fused-ring (bicyclic) bond motifs is 1. The third-order valence-electron chi connectivity index (χ3n) is 4.09. The molecule has 94 valence electrons. The number of hydrogen-bond acceptors (Lipinski definition) is 4. The van der Waals surface area contributed by atoms with Gasteiger partial charge in [0.15, 0.2) is 0 Å². The van der Waals surface area contributed by atoms with Gasteiger partial charge in [-0.2, -0.15) is 0 Å². The smallest absolute Gasteiger partial charge is 0.150 e. The summed E-state index contributed by atoms with van der Waals surface area (Å²) < 4.78 is 2.31. The van der Waals surface area contributed by atoms with Crippen LogP contribution in [0.2, 0.25) is 0 Å². The van der Waals surface area contributed by atoms with Crippen molar-refractivity contribution in [3.05, 3.63) is 11.6 Å². The summed E-state index contributed by atoms with van der Waals surface area (Å²) in [6.45, 7) is 5.52. The average molecular weight is 235 g/mol. The molecule has 2 unspecified atom stereocenters. The first-order chi connectivity index (χ1) is 8.29. The third kappa shape index (κ3) is 1.87. The molecule has 5 heteroatoms. The van der Waals surface area contributed by atoms with Gasteiger partial charge in [-0.25, -0.2) is 0 Å². The second-order valence-electron chi connectivity index (χ2n) is 5.17. The molecule has 2 atom stereocenters. The molecule has 1 aromatic heterocycles. The fourth-order valence-electron chi connectivity index (χ4n) is 3.12. The fraction of sp³-hybridized carbons (Fsp3) is 0.833. The summed E-state index contributed by atoms with van der Waals surface area (Å²) in [7, 11) is 0. The Kier molecular flexibility index (Phi) is 2.88. The largest absolute Gasteiger partial charge is 0.327 e. The van der Waals surface area contributed by atoms with Crippen LogP contribution in [0.25, 0.3) is 0 Å². The predicted octanol–water partition coefficient (Wildman–Crippen LogP) is 0.708. The predicted molar refractivity (Wildman–Crippen MR) is 65.5 cm³/mol. The van der Waals surface area contributed by atoms with Crippen molar-refractivity contribution in [1.29, 1.82) is 0 Å². The molecule has 1 saturated heterocycles. The van der Waals surface area contributed by atoms with E-state index >= 15 is 0 Å². The number of nitrogens with two attached hydrogens (primary N) is 1. The Balaban J connectivity index is 1.89. The van der Waals surface area contributed by atoms with E-state index in [1.54, 1.807) is 0 Å². The Hall–Kier alpha value is -0.940. The van der Waals surface area contributed by atoms with Crippen LogP contribution in [0.4, 0.5) is 0 Å². The van der Waals surface area contributed by atoms with Gasteiger partial charge < -0.3 is 10.3 Å². The molecule has 0 radical (unpaired) electrons. The zero-order valence-electron chi connectivity index (χ0n) is 10.5. The highest BCUT2D eigenvalue weighted by atomic mass is 15.3. The highest BCUT2D eigenvalue weighted by Gasteiger charge is 2.31. The number of hydrogen-bond donors (Lipinski definition) is 1. The van der Waals surface area contributed by atoms with E-state index in [2.05, 4.69) is 26.6 Å². The third-order valence-corrected chi connectivity index (χ3v) is 4.09. The van der Waals surface area contributed by atoms with Gasteiger partial charge in [0.2, 0.25) is 0 Å². The lowest BCUT2D eigenvalue weighted by atomic mass is 10.1. The van der Waals surface area contributed by atoms with Crippen LogP contribution in [0.5, 0.6) is 0 Å². The van der Waals surface area contributed by atoms with Gasteiger partial charge in [-0.15, -0.1) is 10.2 Å². The van der Waals surface area contributed by atoms with Crippen molar-refractivity contribution in [1.82, 2.24) is 19.7 Å². The maximum absolute atomic E-state index is 5.97. The van der Waals surface area contributed by atoms with E-state index in [1.807, 2.05) is 0 Å². The summed E-state index contributed by atoms with van der Waals surface area (Å²) in [5.74, 6) is 2.26. The van der Waals surface area contributed by atoms with Gasteiger partial charge >= 0.3 is 0 Å². The van der Waals surface area contributed by atoms with Gasteiger partial charge in [0.05, 0.1) is 6.04 Å². The maximum atomic E-state index is 5.97. The van der Waals surface area contributed by atoms with Crippen LogP contribution in [0.1, 0.15) is 43.9 Å². The quantitative estimate of drug-likeness (QED) is 0.820. The molecular formula is C12H21N5. The topological polar surface area (TPSA) is 60.0 Å². The van der Waals surface area contributed by atoms with Crippen molar-refractivity contribution < 1.29 is 0 Å². The Morgan fingerprint density at radius 3 is 3.00 bits per heavy atom. The van der Waals surface area contributed by atoms with Gasteiger partial charge in [-0.3, -0.25) is 4.90 Å². The lowest BCUT2D eigenvalue weighted by molar-refractivity contribution is 0.253. The molecule has 1 fully saturated rings. The Morgan fingerprint density at radius 1 is 1.29 bits per heavy atom. The first kappa shape index (κ1) is 11.2. The number of aromatic nitrogens is 3. The van der Waals surface area contributed by atoms with Gasteiger partial charge in [0.25, 0.3) is 0 Å². The van der Waals surface area contributed by atoms with Crippen molar-refractivity contribution in [2.75, 3.05) is 13.1 Å². The van der Waals surface area contributed by atoms with Crippen LogP contribution in [-0.2, 0) is 13.0 Å². The Morgan fingerprint density at radius 2 is 2.18 bits per heavy atom. The number of likely N-dealkylation sites (tertiary alicyclic amines) is 1. The molecule has 0 spiro atoms. The minimum absolute atomic E-state index is 0.269. The van der Waals surface area contributed by atoms with E-state index < -0.39 is 0 Å². The van der Waals surface area contributed by atoms with Crippen LogP contribution in [0.15, 0.2) is 0 Å². The molecule has 5 nitrogen and oxygen atoms in total. The summed E-state index contributed by atoms with van der Waals surface area (Å²) in [6, 6.07) is 0.751. The summed E-state index contributed by atoms with van der Waals surface area (Å²) in [5.41, 5.74) is 5.97. The summed E-state index contributed by atoms with van der Waals surface area (Å²) in [4.78, 5) is 2.51. The van der Waals surface area contributed by atoms with E-state index in [0.29, 0.717) is 6.04 Å². The zero-order valence-corrected chi connectivity index (χ0v) is 10.5. The molecule has 0 saturated carbocycles. The molecule has 3 heterocycles. The van der Waals surface area contributed by atoms with Gasteiger partial charge in [-0.1, -0.05) is 6.92 Å². The Labute approximate surface area is 102 Å². The van der Waals surface area contributed by atoms with Crippen molar-refractivity contribution in [3.63, 3.8) is 0 Å². The van der Waals surface area contributed by atoms with E-state index in [0.717, 1.165) is 31.8 Å². The zero-order chi connectivity index (χ0) is 11.8. The van der Waals surface area contributed by atoms with Gasteiger partial charge in [0, 0.05) is 19.0 Å². The molecule has 0 aliphatic carbocycles. The van der Waals surface area contributed by atoms with Crippen molar-refractivity contribution in [2.24, 2.45) is 5.73 Å². The second-order valence-corrected chi connectivity index (χ2v) is 5.17. The second kappa shape index (κ2) is 4.38. The summed E-state index contributed by atoms with van der Waals surface area (Å²) in [6.07, 6.45) is 4.43. The van der Waals surface area contributed by atoms with Gasteiger partial charge in [0.1, 0.15) is 11.6 Å². The molecule has 0 aromatic carbocycles. The lowest BCUT2D eigenvalue weighted by Gasteiger charge is -2.25.